The number of hydrogen-bond acceptors (Lipinski definition) is 3. The van der Waals surface area contributed by atoms with Gasteiger partial charge in [-0.25, -0.2) is 0 Å². The van der Waals surface area contributed by atoms with Crippen LogP contribution in [0.5, 0.6) is 5.75 Å². The predicted octanol–water partition coefficient (Wildman–Crippen LogP) is 2.64. The number of amides is 1. The summed E-state index contributed by atoms with van der Waals surface area (Å²) in [4.78, 5) is 14.4. The highest BCUT2D eigenvalue weighted by Gasteiger charge is 2.28. The first-order chi connectivity index (χ1) is 9.65. The summed E-state index contributed by atoms with van der Waals surface area (Å²) in [6, 6.07) is 7.85. The van der Waals surface area contributed by atoms with E-state index in [1.807, 2.05) is 43.1 Å². The van der Waals surface area contributed by atoms with E-state index in [0.717, 1.165) is 24.2 Å². The number of methoxy groups -OCH3 is 1. The van der Waals surface area contributed by atoms with Gasteiger partial charge in [-0.3, -0.25) is 4.79 Å². The first-order valence-corrected chi connectivity index (χ1v) is 7.12. The zero-order valence-corrected chi connectivity index (χ0v) is 12.5. The lowest BCUT2D eigenvalue weighted by molar-refractivity contribution is -0.139. The van der Waals surface area contributed by atoms with Crippen LogP contribution in [-0.2, 0) is 9.53 Å². The van der Waals surface area contributed by atoms with Crippen LogP contribution in [0.2, 0.25) is 0 Å². The minimum atomic E-state index is 0.00138. The minimum absolute atomic E-state index is 0.00138. The Balaban J connectivity index is 2.11. The van der Waals surface area contributed by atoms with Crippen LogP contribution in [0.1, 0.15) is 31.4 Å². The van der Waals surface area contributed by atoms with Crippen molar-refractivity contribution < 1.29 is 14.3 Å². The van der Waals surface area contributed by atoms with Crippen LogP contribution in [0, 0.1) is 5.92 Å². The van der Waals surface area contributed by atoms with Crippen LogP contribution >= 0.6 is 0 Å². The average Bonchev–Trinajstić information content (AvgIpc) is 2.53. The van der Waals surface area contributed by atoms with E-state index in [4.69, 9.17) is 9.47 Å². The fourth-order valence-corrected chi connectivity index (χ4v) is 2.64. The molecule has 4 nitrogen and oxygen atoms in total. The van der Waals surface area contributed by atoms with Gasteiger partial charge in [0, 0.05) is 31.7 Å². The van der Waals surface area contributed by atoms with Gasteiger partial charge in [-0.05, 0) is 25.8 Å². The quantitative estimate of drug-likeness (QED) is 0.849. The van der Waals surface area contributed by atoms with Crippen LogP contribution in [0.4, 0.5) is 0 Å². The van der Waals surface area contributed by atoms with Gasteiger partial charge in [0.05, 0.1) is 13.2 Å². The Kier molecular flexibility index (Phi) is 5.01. The Morgan fingerprint density at radius 3 is 2.65 bits per heavy atom. The monoisotopic (exact) mass is 277 g/mol. The molecule has 20 heavy (non-hydrogen) atoms. The summed E-state index contributed by atoms with van der Waals surface area (Å²) < 4.78 is 10.7. The Labute approximate surface area is 120 Å². The van der Waals surface area contributed by atoms with Crippen molar-refractivity contribution in [1.82, 2.24) is 4.90 Å². The fraction of sp³-hybridized carbons (Fsp3) is 0.562. The molecule has 1 atom stereocenters. The molecule has 110 valence electrons. The molecule has 0 bridgehead atoms. The molecule has 1 aromatic rings. The summed E-state index contributed by atoms with van der Waals surface area (Å²) in [6.45, 7) is 3.41. The summed E-state index contributed by atoms with van der Waals surface area (Å²) in [5.41, 5.74) is 1.04. The van der Waals surface area contributed by atoms with Crippen LogP contribution in [-0.4, -0.2) is 38.2 Å². The molecule has 0 spiro atoms. The van der Waals surface area contributed by atoms with E-state index in [2.05, 4.69) is 0 Å². The molecule has 0 aromatic heterocycles. The van der Waals surface area contributed by atoms with Gasteiger partial charge in [0.1, 0.15) is 5.75 Å². The van der Waals surface area contributed by atoms with Crippen LogP contribution in [0.3, 0.4) is 0 Å². The predicted molar refractivity (Wildman–Crippen MR) is 77.7 cm³/mol. The molecule has 1 amide bonds. The van der Waals surface area contributed by atoms with E-state index in [9.17, 15) is 4.79 Å². The number of benzene rings is 1. The Morgan fingerprint density at radius 1 is 1.35 bits per heavy atom. The number of carbonyl (C=O) groups excluding carboxylic acids is 1. The number of carbonyl (C=O) groups is 1. The number of para-hydroxylation sites is 1. The zero-order chi connectivity index (χ0) is 14.5. The van der Waals surface area contributed by atoms with E-state index in [1.54, 1.807) is 7.11 Å². The van der Waals surface area contributed by atoms with Crippen LogP contribution < -0.4 is 4.74 Å². The van der Waals surface area contributed by atoms with Gasteiger partial charge in [0.2, 0.25) is 5.91 Å². The number of ether oxygens (including phenoxy) is 2. The van der Waals surface area contributed by atoms with Crippen molar-refractivity contribution in [2.75, 3.05) is 27.4 Å². The molecule has 1 saturated heterocycles. The molecular weight excluding hydrogens is 254 g/mol. The Morgan fingerprint density at radius 2 is 2.00 bits per heavy atom. The van der Waals surface area contributed by atoms with Gasteiger partial charge >= 0.3 is 0 Å². The maximum Gasteiger partial charge on any atom is 0.226 e. The minimum Gasteiger partial charge on any atom is -0.496 e. The molecule has 1 unspecified atom stereocenters. The molecule has 1 aliphatic heterocycles. The lowest BCUT2D eigenvalue weighted by atomic mass is 9.97. The van der Waals surface area contributed by atoms with Gasteiger partial charge in [0.15, 0.2) is 0 Å². The van der Waals surface area contributed by atoms with Crippen molar-refractivity contribution >= 4 is 5.91 Å². The van der Waals surface area contributed by atoms with Crippen molar-refractivity contribution in [3.8, 4) is 5.75 Å². The third-order valence-corrected chi connectivity index (χ3v) is 4.09. The first kappa shape index (κ1) is 14.9. The van der Waals surface area contributed by atoms with Crippen molar-refractivity contribution in [1.29, 1.82) is 0 Å². The van der Waals surface area contributed by atoms with Gasteiger partial charge in [0.25, 0.3) is 0 Å². The molecule has 0 radical (unpaired) electrons. The van der Waals surface area contributed by atoms with Gasteiger partial charge in [-0.2, -0.15) is 0 Å². The zero-order valence-electron chi connectivity index (χ0n) is 12.5. The van der Waals surface area contributed by atoms with Gasteiger partial charge in [-0.1, -0.05) is 18.2 Å². The average molecular weight is 277 g/mol. The standard InChI is InChI=1S/C16H23NO3/c1-12(14-6-4-5-7-15(14)19-3)17(2)16(18)13-8-10-20-11-9-13/h4-7,12-13H,8-11H2,1-3H3. The van der Waals surface area contributed by atoms with E-state index in [-0.39, 0.29) is 17.9 Å². The molecular formula is C16H23NO3. The highest BCUT2D eigenvalue weighted by molar-refractivity contribution is 5.79. The SMILES string of the molecule is COc1ccccc1C(C)N(C)C(=O)C1CCOCC1. The van der Waals surface area contributed by atoms with Gasteiger partial charge in [-0.15, -0.1) is 0 Å². The summed E-state index contributed by atoms with van der Waals surface area (Å²) >= 11 is 0. The fourth-order valence-electron chi connectivity index (χ4n) is 2.64. The maximum atomic E-state index is 12.5. The Bertz CT molecular complexity index is 455. The maximum absolute atomic E-state index is 12.5. The molecule has 0 saturated carbocycles. The number of nitrogens with zero attached hydrogens (tertiary/aromatic N) is 1. The third-order valence-electron chi connectivity index (χ3n) is 4.09. The highest BCUT2D eigenvalue weighted by Crippen LogP contribution is 2.30. The normalized spacial score (nSPS) is 17.6. The van der Waals surface area contributed by atoms with E-state index >= 15 is 0 Å². The smallest absolute Gasteiger partial charge is 0.226 e. The van der Waals surface area contributed by atoms with Crippen molar-refractivity contribution in [2.45, 2.75) is 25.8 Å². The van der Waals surface area contributed by atoms with Crippen molar-refractivity contribution in [3.05, 3.63) is 29.8 Å². The first-order valence-electron chi connectivity index (χ1n) is 7.12. The summed E-state index contributed by atoms with van der Waals surface area (Å²) in [5.74, 6) is 1.12. The molecule has 1 aliphatic rings. The second-order valence-electron chi connectivity index (χ2n) is 5.25. The molecule has 1 aromatic carbocycles. The summed E-state index contributed by atoms with van der Waals surface area (Å²) in [6.07, 6.45) is 1.64. The van der Waals surface area contributed by atoms with Gasteiger partial charge < -0.3 is 14.4 Å². The van der Waals surface area contributed by atoms with E-state index in [1.165, 1.54) is 0 Å². The lowest BCUT2D eigenvalue weighted by Gasteiger charge is -2.31. The lowest BCUT2D eigenvalue weighted by Crippen LogP contribution is -2.37. The largest absolute Gasteiger partial charge is 0.496 e. The number of hydrogen-bond donors (Lipinski definition) is 0. The van der Waals surface area contributed by atoms with E-state index < -0.39 is 0 Å². The number of rotatable bonds is 4. The van der Waals surface area contributed by atoms with Crippen LogP contribution in [0.25, 0.3) is 0 Å². The summed E-state index contributed by atoms with van der Waals surface area (Å²) in [5, 5.41) is 0. The van der Waals surface area contributed by atoms with Crippen molar-refractivity contribution in [2.24, 2.45) is 5.92 Å². The van der Waals surface area contributed by atoms with Crippen molar-refractivity contribution in [3.63, 3.8) is 0 Å². The molecule has 2 rings (SSSR count). The highest BCUT2D eigenvalue weighted by atomic mass is 16.5. The summed E-state index contributed by atoms with van der Waals surface area (Å²) in [7, 11) is 3.53. The van der Waals surface area contributed by atoms with Crippen LogP contribution in [0.15, 0.2) is 24.3 Å². The topological polar surface area (TPSA) is 38.8 Å². The van der Waals surface area contributed by atoms with E-state index in [0.29, 0.717) is 13.2 Å². The third kappa shape index (κ3) is 3.12. The molecule has 1 heterocycles. The second-order valence-corrected chi connectivity index (χ2v) is 5.25. The second kappa shape index (κ2) is 6.75. The molecule has 4 heteroatoms. The molecule has 0 aliphatic carbocycles. The molecule has 0 N–H and O–H groups in total. The molecule has 1 fully saturated rings. The Hall–Kier alpha value is -1.55.